The zero-order valence-electron chi connectivity index (χ0n) is 13.2. The second-order valence-electron chi connectivity index (χ2n) is 6.02. The van der Waals surface area contributed by atoms with Gasteiger partial charge in [0, 0.05) is 26.2 Å². The molecule has 2 atom stereocenters. The standard InChI is InChI=1S/C12H27N3O4S2/c1-14(2)12-7-6-11(10-12)13-20(16,17)8-5-9-21(18,19)15(3)4/h11-13H,5-10H2,1-4H3/t11-,12-/m1/s1. The van der Waals surface area contributed by atoms with E-state index in [-0.39, 0.29) is 24.0 Å². The average molecular weight is 341 g/mol. The van der Waals surface area contributed by atoms with E-state index in [1.165, 1.54) is 14.1 Å². The summed E-state index contributed by atoms with van der Waals surface area (Å²) in [6.45, 7) is 0. The number of sulfonamides is 2. The molecule has 0 amide bonds. The lowest BCUT2D eigenvalue weighted by atomic mass is 10.2. The van der Waals surface area contributed by atoms with Crippen LogP contribution in [0.5, 0.6) is 0 Å². The summed E-state index contributed by atoms with van der Waals surface area (Å²) in [5, 5.41) is 0. The lowest BCUT2D eigenvalue weighted by Gasteiger charge is -2.19. The van der Waals surface area contributed by atoms with Crippen molar-refractivity contribution in [1.82, 2.24) is 13.9 Å². The quantitative estimate of drug-likeness (QED) is 0.653. The normalized spacial score (nSPS) is 24.1. The Balaban J connectivity index is 2.42. The van der Waals surface area contributed by atoms with Crippen LogP contribution in [0.15, 0.2) is 0 Å². The van der Waals surface area contributed by atoms with Gasteiger partial charge in [-0.3, -0.25) is 0 Å². The van der Waals surface area contributed by atoms with Crippen molar-refractivity contribution in [1.29, 1.82) is 0 Å². The molecule has 1 saturated carbocycles. The molecular formula is C12H27N3O4S2. The van der Waals surface area contributed by atoms with E-state index < -0.39 is 20.0 Å². The first-order valence-electron chi connectivity index (χ1n) is 7.10. The molecule has 0 aromatic carbocycles. The zero-order valence-corrected chi connectivity index (χ0v) is 14.9. The summed E-state index contributed by atoms with van der Waals surface area (Å²) in [4.78, 5) is 2.11. The van der Waals surface area contributed by atoms with Gasteiger partial charge in [-0.1, -0.05) is 0 Å². The highest BCUT2D eigenvalue weighted by Gasteiger charge is 2.29. The SMILES string of the molecule is CN(C)[C@@H]1CC[C@@H](NS(=O)(=O)CCCS(=O)(=O)N(C)C)C1. The monoisotopic (exact) mass is 341 g/mol. The molecule has 1 N–H and O–H groups in total. The molecule has 0 radical (unpaired) electrons. The topological polar surface area (TPSA) is 86.8 Å². The molecule has 1 aliphatic carbocycles. The maximum absolute atomic E-state index is 12.0. The van der Waals surface area contributed by atoms with Crippen LogP contribution in [0, 0.1) is 0 Å². The third kappa shape index (κ3) is 6.19. The summed E-state index contributed by atoms with van der Waals surface area (Å²) >= 11 is 0. The highest BCUT2D eigenvalue weighted by molar-refractivity contribution is 7.90. The first-order chi connectivity index (χ1) is 9.53. The predicted molar refractivity (Wildman–Crippen MR) is 84.1 cm³/mol. The highest BCUT2D eigenvalue weighted by Crippen LogP contribution is 2.23. The van der Waals surface area contributed by atoms with Crippen LogP contribution >= 0.6 is 0 Å². The first kappa shape index (κ1) is 18.8. The van der Waals surface area contributed by atoms with Crippen LogP contribution in [0.3, 0.4) is 0 Å². The van der Waals surface area contributed by atoms with Crippen LogP contribution in [0.4, 0.5) is 0 Å². The second kappa shape index (κ2) is 7.36. The second-order valence-corrected chi connectivity index (χ2v) is 10.2. The molecule has 1 fully saturated rings. The Kier molecular flexibility index (Phi) is 6.60. The molecule has 0 saturated heterocycles. The average Bonchev–Trinajstić information content (AvgIpc) is 2.75. The van der Waals surface area contributed by atoms with Crippen molar-refractivity contribution in [2.45, 2.75) is 37.8 Å². The third-order valence-corrected chi connectivity index (χ3v) is 7.29. The molecule has 0 unspecified atom stereocenters. The van der Waals surface area contributed by atoms with Crippen molar-refractivity contribution in [2.24, 2.45) is 0 Å². The molecule has 0 aliphatic heterocycles. The summed E-state index contributed by atoms with van der Waals surface area (Å²) in [5.74, 6) is -0.297. The highest BCUT2D eigenvalue weighted by atomic mass is 32.2. The summed E-state index contributed by atoms with van der Waals surface area (Å²) in [6.07, 6.45) is 2.73. The lowest BCUT2D eigenvalue weighted by molar-refractivity contribution is 0.295. The minimum atomic E-state index is -3.41. The molecule has 126 valence electrons. The van der Waals surface area contributed by atoms with Gasteiger partial charge in [-0.2, -0.15) is 0 Å². The molecule has 0 aromatic heterocycles. The van der Waals surface area contributed by atoms with E-state index in [9.17, 15) is 16.8 Å². The molecule has 0 aromatic rings. The lowest BCUT2D eigenvalue weighted by Crippen LogP contribution is -2.37. The molecule has 7 nitrogen and oxygen atoms in total. The molecule has 9 heteroatoms. The molecule has 0 bridgehead atoms. The minimum absolute atomic E-state index is 0.0344. The Morgan fingerprint density at radius 3 is 2.10 bits per heavy atom. The number of nitrogens with one attached hydrogen (secondary N) is 1. The van der Waals surface area contributed by atoms with E-state index in [2.05, 4.69) is 9.62 Å². The molecule has 1 rings (SSSR count). The van der Waals surface area contributed by atoms with Crippen LogP contribution in [-0.4, -0.2) is 77.8 Å². The van der Waals surface area contributed by atoms with Gasteiger partial charge < -0.3 is 4.90 Å². The Hall–Kier alpha value is -0.220. The third-order valence-electron chi connectivity index (χ3n) is 3.85. The molecule has 0 heterocycles. The molecule has 0 spiro atoms. The van der Waals surface area contributed by atoms with Crippen LogP contribution in [-0.2, 0) is 20.0 Å². The fourth-order valence-corrected chi connectivity index (χ4v) is 4.88. The van der Waals surface area contributed by atoms with Crippen molar-refractivity contribution < 1.29 is 16.8 Å². The largest absolute Gasteiger partial charge is 0.306 e. The predicted octanol–water partition coefficient (Wildman–Crippen LogP) is -0.330. The number of rotatable bonds is 8. The van der Waals surface area contributed by atoms with E-state index in [0.717, 1.165) is 23.6 Å². The maximum Gasteiger partial charge on any atom is 0.213 e. The summed E-state index contributed by atoms with van der Waals surface area (Å²) in [7, 11) is 0.133. The van der Waals surface area contributed by atoms with Crippen molar-refractivity contribution >= 4 is 20.0 Å². The van der Waals surface area contributed by atoms with E-state index >= 15 is 0 Å². The minimum Gasteiger partial charge on any atom is -0.306 e. The molecule has 1 aliphatic rings. The molecule has 21 heavy (non-hydrogen) atoms. The Labute approximate surface area is 128 Å². The number of nitrogens with zero attached hydrogens (tertiary/aromatic N) is 2. The van der Waals surface area contributed by atoms with E-state index in [4.69, 9.17) is 0 Å². The van der Waals surface area contributed by atoms with Gasteiger partial charge in [0.25, 0.3) is 0 Å². The van der Waals surface area contributed by atoms with Crippen molar-refractivity contribution in [2.75, 3.05) is 39.7 Å². The summed E-state index contributed by atoms with van der Waals surface area (Å²) in [6, 6.07) is 0.375. The molecular weight excluding hydrogens is 314 g/mol. The van der Waals surface area contributed by atoms with Gasteiger partial charge in [0.05, 0.1) is 11.5 Å². The van der Waals surface area contributed by atoms with Crippen LogP contribution < -0.4 is 4.72 Å². The van der Waals surface area contributed by atoms with E-state index in [1.54, 1.807) is 0 Å². The van der Waals surface area contributed by atoms with Gasteiger partial charge in [0.15, 0.2) is 0 Å². The Bertz CT molecular complexity index is 529. The summed E-state index contributed by atoms with van der Waals surface area (Å²) < 4.78 is 50.9. The zero-order chi connectivity index (χ0) is 16.3. The van der Waals surface area contributed by atoms with Crippen LogP contribution in [0.25, 0.3) is 0 Å². The Morgan fingerprint density at radius 2 is 1.62 bits per heavy atom. The van der Waals surface area contributed by atoms with Crippen LogP contribution in [0.1, 0.15) is 25.7 Å². The maximum atomic E-state index is 12.0. The number of hydrogen-bond acceptors (Lipinski definition) is 5. The summed E-state index contributed by atoms with van der Waals surface area (Å²) in [5.41, 5.74) is 0. The smallest absolute Gasteiger partial charge is 0.213 e. The fourth-order valence-electron chi connectivity index (χ4n) is 2.46. The van der Waals surface area contributed by atoms with E-state index in [0.29, 0.717) is 6.04 Å². The number of hydrogen-bond donors (Lipinski definition) is 1. The van der Waals surface area contributed by atoms with Crippen molar-refractivity contribution in [3.8, 4) is 0 Å². The van der Waals surface area contributed by atoms with Crippen LogP contribution in [0.2, 0.25) is 0 Å². The Morgan fingerprint density at radius 1 is 1.00 bits per heavy atom. The van der Waals surface area contributed by atoms with Crippen molar-refractivity contribution in [3.63, 3.8) is 0 Å². The first-order valence-corrected chi connectivity index (χ1v) is 10.4. The van der Waals surface area contributed by atoms with Gasteiger partial charge in [0.2, 0.25) is 20.0 Å². The van der Waals surface area contributed by atoms with E-state index in [1.807, 2.05) is 14.1 Å². The van der Waals surface area contributed by atoms with Gasteiger partial charge in [-0.05, 0) is 39.8 Å². The van der Waals surface area contributed by atoms with Gasteiger partial charge in [-0.25, -0.2) is 25.9 Å². The van der Waals surface area contributed by atoms with Gasteiger partial charge >= 0.3 is 0 Å². The fraction of sp³-hybridized carbons (Fsp3) is 1.00. The van der Waals surface area contributed by atoms with Gasteiger partial charge in [-0.15, -0.1) is 0 Å². The van der Waals surface area contributed by atoms with Crippen molar-refractivity contribution in [3.05, 3.63) is 0 Å². The van der Waals surface area contributed by atoms with Gasteiger partial charge in [0.1, 0.15) is 0 Å².